The van der Waals surface area contributed by atoms with Crippen molar-refractivity contribution in [2.45, 2.75) is 31.3 Å². The minimum Gasteiger partial charge on any atom is -0.392 e. The SMILES string of the molecule is CC1CCCN(S(=O)(=O)c2ccc(CO)cc2F)C1. The van der Waals surface area contributed by atoms with Crippen LogP contribution in [0.25, 0.3) is 0 Å². The molecule has 1 unspecified atom stereocenters. The Morgan fingerprint density at radius 2 is 2.21 bits per heavy atom. The van der Waals surface area contributed by atoms with E-state index in [0.717, 1.165) is 18.9 Å². The highest BCUT2D eigenvalue weighted by molar-refractivity contribution is 7.89. The Morgan fingerprint density at radius 3 is 2.79 bits per heavy atom. The van der Waals surface area contributed by atoms with E-state index < -0.39 is 15.8 Å². The second kappa shape index (κ2) is 5.56. The number of hydrogen-bond acceptors (Lipinski definition) is 3. The van der Waals surface area contributed by atoms with Crippen LogP contribution in [-0.2, 0) is 16.6 Å². The molecule has 0 aliphatic carbocycles. The van der Waals surface area contributed by atoms with Crippen LogP contribution in [0.15, 0.2) is 23.1 Å². The van der Waals surface area contributed by atoms with Gasteiger partial charge in [-0.1, -0.05) is 13.0 Å². The third kappa shape index (κ3) is 2.96. The number of hydrogen-bond donors (Lipinski definition) is 1. The van der Waals surface area contributed by atoms with Gasteiger partial charge in [-0.05, 0) is 36.5 Å². The molecular formula is C13H18FNO3S. The summed E-state index contributed by atoms with van der Waals surface area (Å²) in [6, 6.07) is 3.74. The molecule has 1 aliphatic heterocycles. The number of benzene rings is 1. The number of sulfonamides is 1. The molecule has 1 aliphatic rings. The zero-order valence-corrected chi connectivity index (χ0v) is 11.7. The lowest BCUT2D eigenvalue weighted by molar-refractivity contribution is 0.278. The van der Waals surface area contributed by atoms with Crippen LogP contribution in [0, 0.1) is 11.7 Å². The molecule has 4 nitrogen and oxygen atoms in total. The van der Waals surface area contributed by atoms with Gasteiger partial charge in [0.25, 0.3) is 0 Å². The number of aliphatic hydroxyl groups excluding tert-OH is 1. The molecule has 6 heteroatoms. The fraction of sp³-hybridized carbons (Fsp3) is 0.538. The van der Waals surface area contributed by atoms with Crippen LogP contribution in [0.4, 0.5) is 4.39 Å². The van der Waals surface area contributed by atoms with Crippen LogP contribution in [-0.4, -0.2) is 30.9 Å². The van der Waals surface area contributed by atoms with Gasteiger partial charge in [0.1, 0.15) is 10.7 Å². The average Bonchev–Trinajstić information content (AvgIpc) is 2.38. The normalized spacial score (nSPS) is 21.5. The van der Waals surface area contributed by atoms with Gasteiger partial charge in [0.2, 0.25) is 10.0 Å². The minimum absolute atomic E-state index is 0.295. The first kappa shape index (κ1) is 14.4. The largest absolute Gasteiger partial charge is 0.392 e. The number of halogens is 1. The summed E-state index contributed by atoms with van der Waals surface area (Å²) >= 11 is 0. The lowest BCUT2D eigenvalue weighted by Crippen LogP contribution is -2.39. The molecule has 1 heterocycles. The molecule has 0 spiro atoms. The van der Waals surface area contributed by atoms with Crippen molar-refractivity contribution < 1.29 is 17.9 Å². The van der Waals surface area contributed by atoms with Gasteiger partial charge in [-0.3, -0.25) is 0 Å². The third-order valence-electron chi connectivity index (χ3n) is 3.42. The van der Waals surface area contributed by atoms with Crippen LogP contribution in [0.5, 0.6) is 0 Å². The molecule has 2 rings (SSSR count). The predicted octanol–water partition coefficient (Wildman–Crippen LogP) is 1.74. The molecule has 0 amide bonds. The highest BCUT2D eigenvalue weighted by Crippen LogP contribution is 2.25. The van der Waals surface area contributed by atoms with E-state index in [0.29, 0.717) is 24.6 Å². The first-order valence-electron chi connectivity index (χ1n) is 6.34. The van der Waals surface area contributed by atoms with E-state index in [1.54, 1.807) is 0 Å². The van der Waals surface area contributed by atoms with Crippen molar-refractivity contribution in [1.82, 2.24) is 4.31 Å². The number of rotatable bonds is 3. The minimum atomic E-state index is -3.77. The van der Waals surface area contributed by atoms with E-state index in [9.17, 15) is 12.8 Å². The zero-order valence-electron chi connectivity index (χ0n) is 10.8. The number of aliphatic hydroxyl groups is 1. The Labute approximate surface area is 112 Å². The molecule has 1 N–H and O–H groups in total. The van der Waals surface area contributed by atoms with Crippen molar-refractivity contribution >= 4 is 10.0 Å². The summed E-state index contributed by atoms with van der Waals surface area (Å²) in [5, 5.41) is 8.91. The average molecular weight is 287 g/mol. The maximum atomic E-state index is 13.9. The Kier molecular flexibility index (Phi) is 4.23. The van der Waals surface area contributed by atoms with Gasteiger partial charge in [-0.25, -0.2) is 12.8 Å². The van der Waals surface area contributed by atoms with Crippen molar-refractivity contribution in [2.75, 3.05) is 13.1 Å². The molecule has 0 aromatic heterocycles. The van der Waals surface area contributed by atoms with Crippen LogP contribution < -0.4 is 0 Å². The van der Waals surface area contributed by atoms with Gasteiger partial charge in [-0.15, -0.1) is 0 Å². The van der Waals surface area contributed by atoms with Gasteiger partial charge in [0.05, 0.1) is 6.61 Å². The summed E-state index contributed by atoms with van der Waals surface area (Å²) in [6.45, 7) is 2.56. The van der Waals surface area contributed by atoms with E-state index in [1.807, 2.05) is 6.92 Å². The van der Waals surface area contributed by atoms with Gasteiger partial charge in [0.15, 0.2) is 0 Å². The molecule has 1 fully saturated rings. The maximum absolute atomic E-state index is 13.9. The van der Waals surface area contributed by atoms with E-state index in [-0.39, 0.29) is 11.5 Å². The summed E-state index contributed by atoms with van der Waals surface area (Å²) in [7, 11) is -3.77. The Bertz CT molecular complexity index is 559. The quantitative estimate of drug-likeness (QED) is 0.921. The standard InChI is InChI=1S/C13H18FNO3S/c1-10-3-2-6-15(8-10)19(17,18)13-5-4-11(9-16)7-12(13)14/h4-5,7,10,16H,2-3,6,8-9H2,1H3. The number of nitrogens with zero attached hydrogens (tertiary/aromatic N) is 1. The van der Waals surface area contributed by atoms with Gasteiger partial charge >= 0.3 is 0 Å². The van der Waals surface area contributed by atoms with Gasteiger partial charge in [-0.2, -0.15) is 4.31 Å². The third-order valence-corrected chi connectivity index (χ3v) is 5.31. The molecule has 0 bridgehead atoms. The highest BCUT2D eigenvalue weighted by Gasteiger charge is 2.30. The fourth-order valence-corrected chi connectivity index (χ4v) is 4.00. The summed E-state index contributed by atoms with van der Waals surface area (Å²) in [5.41, 5.74) is 0.364. The second-order valence-electron chi connectivity index (χ2n) is 5.03. The second-order valence-corrected chi connectivity index (χ2v) is 6.94. The molecule has 19 heavy (non-hydrogen) atoms. The monoisotopic (exact) mass is 287 g/mol. The van der Waals surface area contributed by atoms with E-state index in [2.05, 4.69) is 0 Å². The molecule has 106 valence electrons. The summed E-state index contributed by atoms with van der Waals surface area (Å²) < 4.78 is 40.0. The predicted molar refractivity (Wildman–Crippen MR) is 69.5 cm³/mol. The Hall–Kier alpha value is -0.980. The van der Waals surface area contributed by atoms with Gasteiger partial charge < -0.3 is 5.11 Å². The van der Waals surface area contributed by atoms with E-state index >= 15 is 0 Å². The molecular weight excluding hydrogens is 269 g/mol. The molecule has 0 saturated carbocycles. The summed E-state index contributed by atoms with van der Waals surface area (Å²) in [4.78, 5) is -0.307. The van der Waals surface area contributed by atoms with E-state index in [1.165, 1.54) is 16.4 Å². The molecule has 1 aromatic rings. The fourth-order valence-electron chi connectivity index (χ4n) is 2.36. The summed E-state index contributed by atoms with van der Waals surface area (Å²) in [6.07, 6.45) is 1.80. The lowest BCUT2D eigenvalue weighted by atomic mass is 10.0. The molecule has 1 atom stereocenters. The van der Waals surface area contributed by atoms with Crippen molar-refractivity contribution in [2.24, 2.45) is 5.92 Å². The number of piperidine rings is 1. The van der Waals surface area contributed by atoms with Crippen molar-refractivity contribution in [3.8, 4) is 0 Å². The zero-order chi connectivity index (χ0) is 14.0. The van der Waals surface area contributed by atoms with Crippen LogP contribution in [0.2, 0.25) is 0 Å². The molecule has 0 radical (unpaired) electrons. The Balaban J connectivity index is 2.33. The van der Waals surface area contributed by atoms with Crippen LogP contribution >= 0.6 is 0 Å². The van der Waals surface area contributed by atoms with Crippen molar-refractivity contribution in [3.05, 3.63) is 29.6 Å². The van der Waals surface area contributed by atoms with Crippen LogP contribution in [0.1, 0.15) is 25.3 Å². The lowest BCUT2D eigenvalue weighted by Gasteiger charge is -2.30. The first-order chi connectivity index (χ1) is 8.95. The van der Waals surface area contributed by atoms with Crippen LogP contribution in [0.3, 0.4) is 0 Å². The smallest absolute Gasteiger partial charge is 0.245 e. The van der Waals surface area contributed by atoms with Crippen molar-refractivity contribution in [1.29, 1.82) is 0 Å². The maximum Gasteiger partial charge on any atom is 0.245 e. The summed E-state index contributed by atoms with van der Waals surface area (Å²) in [5.74, 6) is -0.506. The Morgan fingerprint density at radius 1 is 1.47 bits per heavy atom. The van der Waals surface area contributed by atoms with Crippen molar-refractivity contribution in [3.63, 3.8) is 0 Å². The first-order valence-corrected chi connectivity index (χ1v) is 7.78. The molecule has 1 aromatic carbocycles. The van der Waals surface area contributed by atoms with Gasteiger partial charge in [0, 0.05) is 13.1 Å². The highest BCUT2D eigenvalue weighted by atomic mass is 32.2. The molecule has 1 saturated heterocycles. The van der Waals surface area contributed by atoms with E-state index in [4.69, 9.17) is 5.11 Å². The topological polar surface area (TPSA) is 57.6 Å².